The Hall–Kier alpha value is -1.34. The zero-order valence-electron chi connectivity index (χ0n) is 15.6. The number of aliphatic hydroxyl groups excluding tert-OH is 1. The lowest BCUT2D eigenvalue weighted by molar-refractivity contribution is -0.134. The molecule has 8 heteroatoms. The van der Waals surface area contributed by atoms with E-state index in [1.54, 1.807) is 18.2 Å². The highest BCUT2D eigenvalue weighted by molar-refractivity contribution is 6.35. The van der Waals surface area contributed by atoms with Crippen LogP contribution in [-0.4, -0.2) is 48.3 Å². The summed E-state index contributed by atoms with van der Waals surface area (Å²) >= 11 is 11.9. The van der Waals surface area contributed by atoms with Gasteiger partial charge in [0, 0.05) is 28.1 Å². The second-order valence-electron chi connectivity index (χ2n) is 7.50. The zero-order valence-corrected chi connectivity index (χ0v) is 17.1. The highest BCUT2D eigenvalue weighted by atomic mass is 35.5. The first-order valence-corrected chi connectivity index (χ1v) is 10.5. The maximum atomic E-state index is 12.2. The SMILES string of the molecule is O=C(NCC[C@H]1CC[C@H](NC(=O)C2CCC2)[C@H](CO)O1)c1cc(Cl)cc(Cl)c1. The Bertz CT molecular complexity index is 691. The van der Waals surface area contributed by atoms with E-state index in [1.165, 1.54) is 0 Å². The Kier molecular flexibility index (Phi) is 7.57. The molecule has 0 spiro atoms. The van der Waals surface area contributed by atoms with E-state index < -0.39 is 6.10 Å². The molecule has 1 heterocycles. The van der Waals surface area contributed by atoms with Crippen molar-refractivity contribution in [3.63, 3.8) is 0 Å². The molecule has 6 nitrogen and oxygen atoms in total. The minimum atomic E-state index is -0.412. The molecule has 1 aliphatic heterocycles. The van der Waals surface area contributed by atoms with Crippen LogP contribution < -0.4 is 10.6 Å². The Balaban J connectivity index is 1.43. The van der Waals surface area contributed by atoms with Crippen LogP contribution >= 0.6 is 23.2 Å². The molecule has 0 aromatic heterocycles. The number of ether oxygens (including phenoxy) is 1. The molecule has 2 amide bonds. The molecule has 2 fully saturated rings. The molecule has 3 N–H and O–H groups in total. The fraction of sp³-hybridized carbons (Fsp3) is 0.600. The summed E-state index contributed by atoms with van der Waals surface area (Å²) < 4.78 is 5.95. The molecule has 1 saturated carbocycles. The summed E-state index contributed by atoms with van der Waals surface area (Å²) in [6.07, 6.45) is 4.67. The van der Waals surface area contributed by atoms with Gasteiger partial charge in [-0.25, -0.2) is 0 Å². The second kappa shape index (κ2) is 9.92. The summed E-state index contributed by atoms with van der Waals surface area (Å²) in [5.41, 5.74) is 0.411. The number of hydrogen-bond donors (Lipinski definition) is 3. The van der Waals surface area contributed by atoms with Crippen LogP contribution in [0.15, 0.2) is 18.2 Å². The van der Waals surface area contributed by atoms with Crippen molar-refractivity contribution in [1.29, 1.82) is 0 Å². The number of amides is 2. The van der Waals surface area contributed by atoms with Gasteiger partial charge in [-0.15, -0.1) is 0 Å². The molecule has 0 unspecified atom stereocenters. The van der Waals surface area contributed by atoms with Gasteiger partial charge in [-0.2, -0.15) is 0 Å². The minimum absolute atomic E-state index is 0.0720. The van der Waals surface area contributed by atoms with E-state index in [-0.39, 0.29) is 36.5 Å². The molecule has 3 rings (SSSR count). The van der Waals surface area contributed by atoms with Crippen LogP contribution in [-0.2, 0) is 9.53 Å². The molecular weight excluding hydrogens is 403 g/mol. The summed E-state index contributed by atoms with van der Waals surface area (Å²) in [4.78, 5) is 24.4. The average Bonchev–Trinajstić information content (AvgIpc) is 2.60. The van der Waals surface area contributed by atoms with Crippen LogP contribution in [0.3, 0.4) is 0 Å². The van der Waals surface area contributed by atoms with Crippen LogP contribution in [0, 0.1) is 5.92 Å². The van der Waals surface area contributed by atoms with Crippen LogP contribution in [0.25, 0.3) is 0 Å². The lowest BCUT2D eigenvalue weighted by Gasteiger charge is -2.37. The largest absolute Gasteiger partial charge is 0.394 e. The van der Waals surface area contributed by atoms with Gasteiger partial charge in [0.2, 0.25) is 5.91 Å². The van der Waals surface area contributed by atoms with Gasteiger partial charge in [-0.3, -0.25) is 9.59 Å². The van der Waals surface area contributed by atoms with E-state index >= 15 is 0 Å². The fourth-order valence-electron chi connectivity index (χ4n) is 3.61. The smallest absolute Gasteiger partial charge is 0.251 e. The standard InChI is InChI=1S/C20H26Cl2N2O4/c21-14-8-13(9-15(22)10-14)19(26)23-7-6-16-4-5-17(18(11-25)28-16)24-20(27)12-2-1-3-12/h8-10,12,16-18,25H,1-7,11H2,(H,23,26)(H,24,27)/t16-,17+,18+/m1/s1. The van der Waals surface area contributed by atoms with E-state index in [0.717, 1.165) is 32.1 Å². The molecule has 28 heavy (non-hydrogen) atoms. The number of carbonyl (C=O) groups is 2. The maximum Gasteiger partial charge on any atom is 0.251 e. The summed E-state index contributed by atoms with van der Waals surface area (Å²) in [7, 11) is 0. The van der Waals surface area contributed by atoms with Crippen LogP contribution in [0.2, 0.25) is 10.0 Å². The van der Waals surface area contributed by atoms with Gasteiger partial charge in [-0.1, -0.05) is 29.6 Å². The van der Waals surface area contributed by atoms with E-state index in [4.69, 9.17) is 27.9 Å². The van der Waals surface area contributed by atoms with Crippen molar-refractivity contribution in [2.75, 3.05) is 13.2 Å². The predicted octanol–water partition coefficient (Wildman–Crippen LogP) is 2.94. The van der Waals surface area contributed by atoms with Gasteiger partial charge in [0.05, 0.1) is 18.8 Å². The summed E-state index contributed by atoms with van der Waals surface area (Å²) in [5, 5.41) is 16.3. The number of hydrogen-bond acceptors (Lipinski definition) is 4. The van der Waals surface area contributed by atoms with Gasteiger partial charge < -0.3 is 20.5 Å². The van der Waals surface area contributed by atoms with Crippen LogP contribution in [0.5, 0.6) is 0 Å². The van der Waals surface area contributed by atoms with Crippen molar-refractivity contribution in [2.24, 2.45) is 5.92 Å². The van der Waals surface area contributed by atoms with E-state index in [1.807, 2.05) is 0 Å². The van der Waals surface area contributed by atoms with Crippen LogP contribution in [0.4, 0.5) is 0 Å². The van der Waals surface area contributed by atoms with E-state index in [2.05, 4.69) is 10.6 Å². The van der Waals surface area contributed by atoms with Gasteiger partial charge in [0.25, 0.3) is 5.91 Å². The number of aliphatic hydroxyl groups is 1. The molecule has 0 radical (unpaired) electrons. The summed E-state index contributed by atoms with van der Waals surface area (Å²) in [5.74, 6) is -0.0546. The monoisotopic (exact) mass is 428 g/mol. The van der Waals surface area contributed by atoms with Crippen molar-refractivity contribution in [2.45, 2.75) is 56.8 Å². The molecule has 1 saturated heterocycles. The fourth-order valence-corrected chi connectivity index (χ4v) is 4.14. The Labute approximate surface area is 174 Å². The normalized spacial score (nSPS) is 25.0. The van der Waals surface area contributed by atoms with Gasteiger partial charge >= 0.3 is 0 Å². The van der Waals surface area contributed by atoms with E-state index in [9.17, 15) is 14.7 Å². The lowest BCUT2D eigenvalue weighted by atomic mass is 9.84. The quantitative estimate of drug-likeness (QED) is 0.622. The maximum absolute atomic E-state index is 12.2. The molecule has 1 aromatic rings. The third-order valence-corrected chi connectivity index (χ3v) is 5.91. The van der Waals surface area contributed by atoms with Crippen molar-refractivity contribution < 1.29 is 19.4 Å². The van der Waals surface area contributed by atoms with Crippen LogP contribution in [0.1, 0.15) is 48.9 Å². The Morgan fingerprint density at radius 2 is 1.82 bits per heavy atom. The average molecular weight is 429 g/mol. The number of nitrogens with one attached hydrogen (secondary N) is 2. The minimum Gasteiger partial charge on any atom is -0.394 e. The Morgan fingerprint density at radius 1 is 1.11 bits per heavy atom. The highest BCUT2D eigenvalue weighted by Crippen LogP contribution is 2.28. The number of benzene rings is 1. The molecule has 3 atom stereocenters. The third kappa shape index (κ3) is 5.60. The first kappa shape index (κ1) is 21.4. The summed E-state index contributed by atoms with van der Waals surface area (Å²) in [6.45, 7) is 0.296. The highest BCUT2D eigenvalue weighted by Gasteiger charge is 2.34. The first-order chi connectivity index (χ1) is 13.5. The second-order valence-corrected chi connectivity index (χ2v) is 8.37. The van der Waals surface area contributed by atoms with Crippen molar-refractivity contribution >= 4 is 35.0 Å². The summed E-state index contributed by atoms with van der Waals surface area (Å²) in [6, 6.07) is 4.55. The molecule has 0 bridgehead atoms. The van der Waals surface area contributed by atoms with Crippen molar-refractivity contribution in [1.82, 2.24) is 10.6 Å². The van der Waals surface area contributed by atoms with Crippen molar-refractivity contribution in [3.8, 4) is 0 Å². The Morgan fingerprint density at radius 3 is 2.43 bits per heavy atom. The molecular formula is C20H26Cl2N2O4. The predicted molar refractivity (Wildman–Crippen MR) is 108 cm³/mol. The van der Waals surface area contributed by atoms with Gasteiger partial charge in [0.1, 0.15) is 6.10 Å². The molecule has 1 aliphatic carbocycles. The molecule has 2 aliphatic rings. The number of halogens is 2. The number of rotatable bonds is 7. The molecule has 154 valence electrons. The topological polar surface area (TPSA) is 87.7 Å². The number of carbonyl (C=O) groups excluding carboxylic acids is 2. The third-order valence-electron chi connectivity index (χ3n) is 5.48. The van der Waals surface area contributed by atoms with E-state index in [0.29, 0.717) is 28.6 Å². The lowest BCUT2D eigenvalue weighted by Crippen LogP contribution is -2.53. The van der Waals surface area contributed by atoms with Gasteiger partial charge in [0.15, 0.2) is 0 Å². The zero-order chi connectivity index (χ0) is 20.1. The van der Waals surface area contributed by atoms with Crippen molar-refractivity contribution in [3.05, 3.63) is 33.8 Å². The first-order valence-electron chi connectivity index (χ1n) is 9.77. The van der Waals surface area contributed by atoms with Gasteiger partial charge in [-0.05, 0) is 50.3 Å². The molecule has 1 aromatic carbocycles.